The fraction of sp³-hybridized carbons (Fsp3) is 0.133. The summed E-state index contributed by atoms with van der Waals surface area (Å²) in [5.41, 5.74) is 6.68. The first-order chi connectivity index (χ1) is 9.65. The summed E-state index contributed by atoms with van der Waals surface area (Å²) in [7, 11) is 3.12. The van der Waals surface area contributed by atoms with Gasteiger partial charge in [0.15, 0.2) is 11.5 Å². The summed E-state index contributed by atoms with van der Waals surface area (Å²) < 4.78 is 11.0. The predicted molar refractivity (Wildman–Crippen MR) is 77.3 cm³/mol. The Morgan fingerprint density at radius 3 is 2.45 bits per heavy atom. The maximum atomic E-state index is 11.8. The average molecular weight is 272 g/mol. The lowest BCUT2D eigenvalue weighted by Gasteiger charge is -2.13. The smallest absolute Gasteiger partial charge is 0.254 e. The van der Waals surface area contributed by atoms with Crippen molar-refractivity contribution in [3.63, 3.8) is 0 Å². The zero-order valence-electron chi connectivity index (χ0n) is 11.3. The van der Waals surface area contributed by atoms with Gasteiger partial charge in [-0.1, -0.05) is 12.1 Å². The molecule has 5 heteroatoms. The lowest BCUT2D eigenvalue weighted by atomic mass is 10.1. The van der Waals surface area contributed by atoms with Gasteiger partial charge in [0.1, 0.15) is 5.75 Å². The van der Waals surface area contributed by atoms with Crippen LogP contribution in [0.3, 0.4) is 0 Å². The van der Waals surface area contributed by atoms with E-state index in [1.807, 2.05) is 12.1 Å². The Bertz CT molecular complexity index is 626. The molecule has 0 bridgehead atoms. The molecule has 0 spiro atoms. The van der Waals surface area contributed by atoms with E-state index in [2.05, 4.69) is 5.32 Å². The Hall–Kier alpha value is -2.69. The summed E-state index contributed by atoms with van der Waals surface area (Å²) in [4.78, 5) is 11.8. The molecule has 0 aliphatic heterocycles. The highest BCUT2D eigenvalue weighted by atomic mass is 16.5. The minimum absolute atomic E-state index is 0.241. The van der Waals surface area contributed by atoms with Crippen LogP contribution in [0.1, 0.15) is 10.4 Å². The summed E-state index contributed by atoms with van der Waals surface area (Å²) in [6.45, 7) is 0. The van der Waals surface area contributed by atoms with Crippen LogP contribution >= 0.6 is 0 Å². The molecular formula is C15H16N2O3. The molecule has 0 fully saturated rings. The van der Waals surface area contributed by atoms with Gasteiger partial charge in [0.2, 0.25) is 0 Å². The Balaban J connectivity index is 2.42. The molecule has 0 aromatic heterocycles. The van der Waals surface area contributed by atoms with Crippen molar-refractivity contribution in [2.45, 2.75) is 0 Å². The third-order valence-electron chi connectivity index (χ3n) is 2.77. The highest BCUT2D eigenvalue weighted by molar-refractivity contribution is 5.97. The van der Waals surface area contributed by atoms with Crippen molar-refractivity contribution in [3.05, 3.63) is 48.0 Å². The van der Waals surface area contributed by atoms with Gasteiger partial charge < -0.3 is 20.5 Å². The Labute approximate surface area is 117 Å². The summed E-state index contributed by atoms with van der Waals surface area (Å²) in [5.74, 6) is 1.24. The van der Waals surface area contributed by atoms with Gasteiger partial charge in [-0.3, -0.25) is 4.79 Å². The molecule has 3 N–H and O–H groups in total. The van der Waals surface area contributed by atoms with Crippen molar-refractivity contribution in [1.29, 1.82) is 0 Å². The third-order valence-corrected chi connectivity index (χ3v) is 2.77. The van der Waals surface area contributed by atoms with Gasteiger partial charge in [-0.05, 0) is 24.3 Å². The van der Waals surface area contributed by atoms with Crippen LogP contribution in [0.4, 0.5) is 5.69 Å². The average Bonchev–Trinajstić information content (AvgIpc) is 2.47. The van der Waals surface area contributed by atoms with Crippen LogP contribution in [0.25, 0.3) is 0 Å². The maximum Gasteiger partial charge on any atom is 0.254 e. The zero-order chi connectivity index (χ0) is 14.5. The van der Waals surface area contributed by atoms with Gasteiger partial charge >= 0.3 is 0 Å². The maximum absolute atomic E-state index is 11.8. The Kier molecular flexibility index (Phi) is 4.10. The molecule has 104 valence electrons. The number of nitrogen functional groups attached to an aromatic ring is 1. The number of methoxy groups -OCH3 is 1. The van der Waals surface area contributed by atoms with E-state index in [0.717, 1.165) is 0 Å². The van der Waals surface area contributed by atoms with Crippen LogP contribution < -0.4 is 20.5 Å². The van der Waals surface area contributed by atoms with Gasteiger partial charge in [0, 0.05) is 18.8 Å². The van der Waals surface area contributed by atoms with Crippen LogP contribution in [0.2, 0.25) is 0 Å². The van der Waals surface area contributed by atoms with Gasteiger partial charge in [-0.2, -0.15) is 0 Å². The van der Waals surface area contributed by atoms with Crippen molar-refractivity contribution in [2.75, 3.05) is 19.9 Å². The summed E-state index contributed by atoms with van der Waals surface area (Å²) >= 11 is 0. The minimum Gasteiger partial charge on any atom is -0.493 e. The predicted octanol–water partition coefficient (Wildman–Crippen LogP) is 2.43. The third kappa shape index (κ3) is 2.83. The molecule has 0 aliphatic rings. The van der Waals surface area contributed by atoms with E-state index in [1.165, 1.54) is 0 Å². The number of hydrogen-bond acceptors (Lipinski definition) is 4. The van der Waals surface area contributed by atoms with Crippen LogP contribution in [-0.4, -0.2) is 20.1 Å². The highest BCUT2D eigenvalue weighted by Crippen LogP contribution is 2.33. The summed E-state index contributed by atoms with van der Waals surface area (Å²) in [6.07, 6.45) is 0. The molecule has 5 nitrogen and oxygen atoms in total. The number of ether oxygens (including phenoxy) is 2. The number of nitrogens with one attached hydrogen (secondary N) is 1. The van der Waals surface area contributed by atoms with Gasteiger partial charge in [-0.15, -0.1) is 0 Å². The second-order valence-corrected chi connectivity index (χ2v) is 4.09. The normalized spacial score (nSPS) is 9.90. The molecule has 0 unspecified atom stereocenters. The molecule has 1 amide bonds. The van der Waals surface area contributed by atoms with Gasteiger partial charge in [-0.25, -0.2) is 0 Å². The second-order valence-electron chi connectivity index (χ2n) is 4.09. The molecule has 0 saturated carbocycles. The number of benzene rings is 2. The summed E-state index contributed by atoms with van der Waals surface area (Å²) in [6, 6.07) is 12.1. The fourth-order valence-electron chi connectivity index (χ4n) is 1.77. The van der Waals surface area contributed by atoms with E-state index in [-0.39, 0.29) is 5.91 Å². The van der Waals surface area contributed by atoms with Crippen molar-refractivity contribution < 1.29 is 14.3 Å². The first kappa shape index (κ1) is 13.7. The van der Waals surface area contributed by atoms with Crippen molar-refractivity contribution >= 4 is 11.6 Å². The number of carbonyl (C=O) groups is 1. The first-order valence-electron chi connectivity index (χ1n) is 6.08. The topological polar surface area (TPSA) is 73.6 Å². The lowest BCUT2D eigenvalue weighted by molar-refractivity contribution is 0.0961. The number of nitrogens with two attached hydrogens (primary N) is 1. The van der Waals surface area contributed by atoms with Gasteiger partial charge in [0.25, 0.3) is 5.91 Å². The number of hydrogen-bond donors (Lipinski definition) is 2. The van der Waals surface area contributed by atoms with E-state index < -0.39 is 0 Å². The standard InChI is InChI=1S/C15H16N2O3/c1-17-15(18)11-8-7-10(16)9-14(11)20-13-6-4-3-5-12(13)19-2/h3-9H,16H2,1-2H3,(H,17,18). The van der Waals surface area contributed by atoms with Crippen molar-refractivity contribution in [1.82, 2.24) is 5.32 Å². The summed E-state index contributed by atoms with van der Waals surface area (Å²) in [5, 5.41) is 2.56. The van der Waals surface area contributed by atoms with E-state index >= 15 is 0 Å². The quantitative estimate of drug-likeness (QED) is 0.838. The molecule has 0 atom stereocenters. The molecule has 0 radical (unpaired) electrons. The molecular weight excluding hydrogens is 256 g/mol. The van der Waals surface area contributed by atoms with E-state index in [9.17, 15) is 4.79 Å². The minimum atomic E-state index is -0.241. The molecule has 2 rings (SSSR count). The van der Waals surface area contributed by atoms with Crippen LogP contribution in [-0.2, 0) is 0 Å². The largest absolute Gasteiger partial charge is 0.493 e. The lowest BCUT2D eigenvalue weighted by Crippen LogP contribution is -2.18. The Morgan fingerprint density at radius 1 is 1.10 bits per heavy atom. The number of para-hydroxylation sites is 2. The van der Waals surface area contributed by atoms with E-state index in [4.69, 9.17) is 15.2 Å². The number of anilines is 1. The second kappa shape index (κ2) is 5.97. The molecule has 20 heavy (non-hydrogen) atoms. The number of rotatable bonds is 4. The first-order valence-corrected chi connectivity index (χ1v) is 6.08. The van der Waals surface area contributed by atoms with Crippen LogP contribution in [0.15, 0.2) is 42.5 Å². The molecule has 2 aromatic rings. The SMILES string of the molecule is CNC(=O)c1ccc(N)cc1Oc1ccccc1OC. The highest BCUT2D eigenvalue weighted by Gasteiger charge is 2.14. The molecule has 0 heterocycles. The monoisotopic (exact) mass is 272 g/mol. The molecule has 0 saturated heterocycles. The molecule has 2 aromatic carbocycles. The fourth-order valence-corrected chi connectivity index (χ4v) is 1.77. The van der Waals surface area contributed by atoms with E-state index in [1.54, 1.807) is 44.5 Å². The number of amides is 1. The van der Waals surface area contributed by atoms with Gasteiger partial charge in [0.05, 0.1) is 12.7 Å². The van der Waals surface area contributed by atoms with E-state index in [0.29, 0.717) is 28.5 Å². The van der Waals surface area contributed by atoms with Crippen molar-refractivity contribution in [3.8, 4) is 17.2 Å². The Morgan fingerprint density at radius 2 is 1.80 bits per heavy atom. The zero-order valence-corrected chi connectivity index (χ0v) is 11.3. The van der Waals surface area contributed by atoms with Crippen LogP contribution in [0.5, 0.6) is 17.2 Å². The number of carbonyl (C=O) groups excluding carboxylic acids is 1. The van der Waals surface area contributed by atoms with Crippen LogP contribution in [0, 0.1) is 0 Å². The van der Waals surface area contributed by atoms with Crippen molar-refractivity contribution in [2.24, 2.45) is 0 Å². The molecule has 0 aliphatic carbocycles.